The van der Waals surface area contributed by atoms with Gasteiger partial charge in [0.05, 0.1) is 0 Å². The lowest BCUT2D eigenvalue weighted by Crippen LogP contribution is -2.47. The van der Waals surface area contributed by atoms with Crippen LogP contribution in [0, 0.1) is 6.92 Å². The molecule has 6 heteroatoms. The zero-order valence-corrected chi connectivity index (χ0v) is 12.8. The molecular weight excluding hydrogens is 276 g/mol. The first kappa shape index (κ1) is 13.4. The zero-order chi connectivity index (χ0) is 14.9. The predicted molar refractivity (Wildman–Crippen MR) is 85.2 cm³/mol. The molecule has 114 valence electrons. The average Bonchev–Trinajstić information content (AvgIpc) is 3.40. The van der Waals surface area contributed by atoms with Gasteiger partial charge < -0.3 is 9.80 Å². The molecule has 0 aromatic carbocycles. The molecule has 1 aliphatic heterocycles. The van der Waals surface area contributed by atoms with Gasteiger partial charge in [0.15, 0.2) is 0 Å². The molecule has 2 aromatic heterocycles. The van der Waals surface area contributed by atoms with Crippen LogP contribution in [0.2, 0.25) is 0 Å². The molecule has 2 fully saturated rings. The Bertz CT molecular complexity index is 661. The highest BCUT2D eigenvalue weighted by atomic mass is 15.3. The molecule has 0 unspecified atom stereocenters. The molecule has 1 aliphatic carbocycles. The number of rotatable bonds is 3. The summed E-state index contributed by atoms with van der Waals surface area (Å²) in [5.41, 5.74) is 2.21. The minimum atomic E-state index is 0.670. The number of nitrogens with zero attached hydrogens (tertiary/aromatic N) is 6. The Morgan fingerprint density at radius 3 is 2.50 bits per heavy atom. The molecule has 2 aliphatic rings. The molecule has 4 rings (SSSR count). The highest BCUT2D eigenvalue weighted by molar-refractivity contribution is 5.43. The molecule has 0 spiro atoms. The van der Waals surface area contributed by atoms with Crippen molar-refractivity contribution in [1.29, 1.82) is 0 Å². The zero-order valence-electron chi connectivity index (χ0n) is 12.8. The highest BCUT2D eigenvalue weighted by Gasteiger charge is 2.26. The van der Waals surface area contributed by atoms with E-state index < -0.39 is 0 Å². The molecule has 1 saturated heterocycles. The second-order valence-electron chi connectivity index (χ2n) is 6.05. The topological polar surface area (TPSA) is 58.0 Å². The van der Waals surface area contributed by atoms with Crippen LogP contribution in [0.4, 0.5) is 11.8 Å². The Kier molecular flexibility index (Phi) is 3.36. The Morgan fingerprint density at radius 1 is 1.00 bits per heavy atom. The van der Waals surface area contributed by atoms with E-state index in [0.717, 1.165) is 43.6 Å². The predicted octanol–water partition coefficient (Wildman–Crippen LogP) is 1.78. The van der Waals surface area contributed by atoms with E-state index in [9.17, 15) is 0 Å². The first-order valence-corrected chi connectivity index (χ1v) is 7.91. The number of aromatic nitrogens is 4. The quantitative estimate of drug-likeness (QED) is 0.860. The van der Waals surface area contributed by atoms with Crippen LogP contribution in [-0.4, -0.2) is 46.1 Å². The third-order valence-electron chi connectivity index (χ3n) is 4.34. The van der Waals surface area contributed by atoms with E-state index in [1.807, 2.05) is 19.2 Å². The van der Waals surface area contributed by atoms with E-state index in [-0.39, 0.29) is 0 Å². The van der Waals surface area contributed by atoms with E-state index in [1.165, 1.54) is 18.5 Å². The lowest BCUT2D eigenvalue weighted by Gasteiger charge is -2.35. The maximum absolute atomic E-state index is 4.51. The van der Waals surface area contributed by atoms with E-state index >= 15 is 0 Å². The highest BCUT2D eigenvalue weighted by Crippen LogP contribution is 2.39. The van der Waals surface area contributed by atoms with Crippen LogP contribution in [0.3, 0.4) is 0 Å². The van der Waals surface area contributed by atoms with Gasteiger partial charge in [0.2, 0.25) is 5.95 Å². The normalized spacial score (nSPS) is 18.6. The van der Waals surface area contributed by atoms with Gasteiger partial charge in [-0.15, -0.1) is 0 Å². The summed E-state index contributed by atoms with van der Waals surface area (Å²) in [5, 5.41) is 0. The minimum absolute atomic E-state index is 0.670. The van der Waals surface area contributed by atoms with Gasteiger partial charge in [0.1, 0.15) is 12.1 Å². The Labute approximate surface area is 130 Å². The van der Waals surface area contributed by atoms with Crippen molar-refractivity contribution < 1.29 is 0 Å². The van der Waals surface area contributed by atoms with E-state index in [2.05, 4.69) is 35.8 Å². The van der Waals surface area contributed by atoms with Gasteiger partial charge in [0.25, 0.3) is 0 Å². The van der Waals surface area contributed by atoms with Crippen molar-refractivity contribution in [2.75, 3.05) is 36.0 Å². The molecule has 2 aromatic rings. The van der Waals surface area contributed by atoms with Gasteiger partial charge in [0, 0.05) is 55.7 Å². The third kappa shape index (κ3) is 2.73. The van der Waals surface area contributed by atoms with Crippen LogP contribution < -0.4 is 9.80 Å². The van der Waals surface area contributed by atoms with Crippen LogP contribution in [0.15, 0.2) is 24.7 Å². The molecule has 3 heterocycles. The standard InChI is InChI=1S/C16H20N6/c1-12-4-5-17-16(20-12)22-8-6-21(7-9-22)15-10-14(13-2-3-13)18-11-19-15/h4-5,10-11,13H,2-3,6-9H2,1H3. The van der Waals surface area contributed by atoms with Crippen molar-refractivity contribution in [3.63, 3.8) is 0 Å². The Morgan fingerprint density at radius 2 is 1.77 bits per heavy atom. The number of hydrogen-bond acceptors (Lipinski definition) is 6. The van der Waals surface area contributed by atoms with Crippen molar-refractivity contribution >= 4 is 11.8 Å². The fraction of sp³-hybridized carbons (Fsp3) is 0.500. The molecule has 22 heavy (non-hydrogen) atoms. The largest absolute Gasteiger partial charge is 0.353 e. The molecule has 6 nitrogen and oxygen atoms in total. The molecule has 0 amide bonds. The van der Waals surface area contributed by atoms with Gasteiger partial charge in [-0.2, -0.15) is 0 Å². The lowest BCUT2D eigenvalue weighted by molar-refractivity contribution is 0.632. The van der Waals surface area contributed by atoms with Crippen molar-refractivity contribution in [3.8, 4) is 0 Å². The van der Waals surface area contributed by atoms with E-state index in [1.54, 1.807) is 6.33 Å². The van der Waals surface area contributed by atoms with Gasteiger partial charge in [-0.1, -0.05) is 0 Å². The summed E-state index contributed by atoms with van der Waals surface area (Å²) in [6, 6.07) is 4.09. The van der Waals surface area contributed by atoms with Crippen LogP contribution >= 0.6 is 0 Å². The fourth-order valence-electron chi connectivity index (χ4n) is 2.86. The van der Waals surface area contributed by atoms with Crippen molar-refractivity contribution in [2.24, 2.45) is 0 Å². The summed E-state index contributed by atoms with van der Waals surface area (Å²) in [7, 11) is 0. The fourth-order valence-corrected chi connectivity index (χ4v) is 2.86. The summed E-state index contributed by atoms with van der Waals surface area (Å²) in [5.74, 6) is 2.56. The second-order valence-corrected chi connectivity index (χ2v) is 6.05. The monoisotopic (exact) mass is 296 g/mol. The van der Waals surface area contributed by atoms with Crippen LogP contribution in [0.5, 0.6) is 0 Å². The SMILES string of the molecule is Cc1ccnc(N2CCN(c3cc(C4CC4)ncn3)CC2)n1. The number of anilines is 2. The van der Waals surface area contributed by atoms with E-state index in [4.69, 9.17) is 0 Å². The van der Waals surface area contributed by atoms with Gasteiger partial charge in [-0.05, 0) is 25.8 Å². The summed E-state index contributed by atoms with van der Waals surface area (Å²) < 4.78 is 0. The first-order valence-electron chi connectivity index (χ1n) is 7.91. The minimum Gasteiger partial charge on any atom is -0.353 e. The Balaban J connectivity index is 1.44. The molecular formula is C16H20N6. The molecule has 0 radical (unpaired) electrons. The van der Waals surface area contributed by atoms with Crippen molar-refractivity contribution in [2.45, 2.75) is 25.7 Å². The summed E-state index contributed by atoms with van der Waals surface area (Å²) in [4.78, 5) is 22.3. The van der Waals surface area contributed by atoms with Crippen molar-refractivity contribution in [3.05, 3.63) is 36.0 Å². The summed E-state index contributed by atoms with van der Waals surface area (Å²) >= 11 is 0. The number of hydrogen-bond donors (Lipinski definition) is 0. The van der Waals surface area contributed by atoms with Crippen LogP contribution in [0.1, 0.15) is 30.1 Å². The maximum atomic E-state index is 4.51. The van der Waals surface area contributed by atoms with Crippen LogP contribution in [0.25, 0.3) is 0 Å². The Hall–Kier alpha value is -2.24. The molecule has 1 saturated carbocycles. The van der Waals surface area contributed by atoms with Gasteiger partial charge >= 0.3 is 0 Å². The number of aryl methyl sites for hydroxylation is 1. The third-order valence-corrected chi connectivity index (χ3v) is 4.34. The second kappa shape index (κ2) is 5.51. The van der Waals surface area contributed by atoms with Gasteiger partial charge in [-0.3, -0.25) is 0 Å². The smallest absolute Gasteiger partial charge is 0.225 e. The van der Waals surface area contributed by atoms with Crippen LogP contribution in [-0.2, 0) is 0 Å². The summed E-state index contributed by atoms with van der Waals surface area (Å²) in [6.45, 7) is 5.73. The average molecular weight is 296 g/mol. The van der Waals surface area contributed by atoms with Crippen molar-refractivity contribution in [1.82, 2.24) is 19.9 Å². The van der Waals surface area contributed by atoms with Gasteiger partial charge in [-0.25, -0.2) is 19.9 Å². The first-order chi connectivity index (χ1) is 10.8. The molecule has 0 bridgehead atoms. The molecule has 0 N–H and O–H groups in total. The maximum Gasteiger partial charge on any atom is 0.225 e. The molecule has 0 atom stereocenters. The summed E-state index contributed by atoms with van der Waals surface area (Å²) in [6.07, 6.45) is 6.08. The van der Waals surface area contributed by atoms with E-state index in [0.29, 0.717) is 5.92 Å². The number of piperazine rings is 1. The lowest BCUT2D eigenvalue weighted by atomic mass is 10.2.